The minimum atomic E-state index is -1.53. The first-order valence-corrected chi connectivity index (χ1v) is 4.21. The highest BCUT2D eigenvalue weighted by Gasteiger charge is 2.44. The molecule has 0 N–H and O–H groups in total. The summed E-state index contributed by atoms with van der Waals surface area (Å²) in [6.45, 7) is 4.45. The third-order valence-corrected chi connectivity index (χ3v) is 1.79. The van der Waals surface area contributed by atoms with Gasteiger partial charge in [0.1, 0.15) is 13.2 Å². The molecular weight excluding hydrogens is 190 g/mol. The SMILES string of the molecule is CC(=O)OC1(N=O)COC(C)(C)OC1. The lowest BCUT2D eigenvalue weighted by molar-refractivity contribution is -0.302. The zero-order chi connectivity index (χ0) is 10.8. The highest BCUT2D eigenvalue weighted by molar-refractivity contribution is 5.66. The van der Waals surface area contributed by atoms with Crippen LogP contribution in [0.1, 0.15) is 20.8 Å². The number of rotatable bonds is 2. The van der Waals surface area contributed by atoms with Crippen molar-refractivity contribution in [2.24, 2.45) is 5.18 Å². The molecule has 1 heterocycles. The number of hydrogen-bond acceptors (Lipinski definition) is 6. The Hall–Kier alpha value is -1.01. The Bertz CT molecular complexity index is 240. The topological polar surface area (TPSA) is 74.2 Å². The van der Waals surface area contributed by atoms with Gasteiger partial charge in [-0.2, -0.15) is 0 Å². The minimum Gasteiger partial charge on any atom is -0.429 e. The van der Waals surface area contributed by atoms with E-state index >= 15 is 0 Å². The van der Waals surface area contributed by atoms with Crippen LogP contribution in [0, 0.1) is 4.91 Å². The van der Waals surface area contributed by atoms with Crippen LogP contribution in [0.5, 0.6) is 0 Å². The molecule has 0 amide bonds. The molecule has 0 unspecified atom stereocenters. The van der Waals surface area contributed by atoms with Gasteiger partial charge < -0.3 is 14.2 Å². The van der Waals surface area contributed by atoms with Gasteiger partial charge in [0, 0.05) is 6.92 Å². The quantitative estimate of drug-likeness (QED) is 0.490. The molecule has 0 spiro atoms. The number of nitrogens with zero attached hydrogens (tertiary/aromatic N) is 1. The molecular formula is C8H13NO5. The Morgan fingerprint density at radius 3 is 2.21 bits per heavy atom. The van der Waals surface area contributed by atoms with Crippen LogP contribution < -0.4 is 0 Å². The fourth-order valence-electron chi connectivity index (χ4n) is 1.05. The predicted molar refractivity (Wildman–Crippen MR) is 46.3 cm³/mol. The van der Waals surface area contributed by atoms with E-state index < -0.39 is 17.5 Å². The molecule has 1 aliphatic heterocycles. The number of carbonyl (C=O) groups excluding carboxylic acids is 1. The minimum absolute atomic E-state index is 0.0803. The van der Waals surface area contributed by atoms with Gasteiger partial charge in [-0.05, 0) is 19.0 Å². The van der Waals surface area contributed by atoms with Crippen LogP contribution in [0.25, 0.3) is 0 Å². The summed E-state index contributed by atoms with van der Waals surface area (Å²) in [5.41, 5.74) is -1.53. The molecule has 0 aromatic rings. The number of nitroso groups, excluding NO2 is 1. The molecule has 0 aromatic carbocycles. The standard InChI is InChI=1S/C8H13NO5/c1-6(10)14-8(9-11)4-12-7(2,3)13-5-8/h4-5H2,1-3H3. The Kier molecular flexibility index (Phi) is 2.86. The Labute approximate surface area is 81.5 Å². The lowest BCUT2D eigenvalue weighted by atomic mass is 10.2. The molecule has 0 bridgehead atoms. The molecule has 0 saturated carbocycles. The first kappa shape index (κ1) is 11.1. The lowest BCUT2D eigenvalue weighted by Gasteiger charge is -2.38. The Morgan fingerprint density at radius 1 is 1.36 bits per heavy atom. The number of carbonyl (C=O) groups is 1. The highest BCUT2D eigenvalue weighted by Crippen LogP contribution is 2.27. The number of hydrogen-bond donors (Lipinski definition) is 0. The maximum absolute atomic E-state index is 10.7. The van der Waals surface area contributed by atoms with Gasteiger partial charge in [-0.25, -0.2) is 0 Å². The van der Waals surface area contributed by atoms with E-state index in [1.807, 2.05) is 0 Å². The van der Waals surface area contributed by atoms with E-state index in [2.05, 4.69) is 5.18 Å². The summed E-state index contributed by atoms with van der Waals surface area (Å²) in [5, 5.41) is 2.74. The van der Waals surface area contributed by atoms with Crippen LogP contribution in [-0.4, -0.2) is 30.7 Å². The normalized spacial score (nSPS) is 23.9. The molecule has 1 fully saturated rings. The summed E-state index contributed by atoms with van der Waals surface area (Å²) in [6, 6.07) is 0. The summed E-state index contributed by atoms with van der Waals surface area (Å²) < 4.78 is 15.1. The van der Waals surface area contributed by atoms with Crippen molar-refractivity contribution in [2.75, 3.05) is 13.2 Å². The predicted octanol–water partition coefficient (Wildman–Crippen LogP) is 0.795. The fraction of sp³-hybridized carbons (Fsp3) is 0.875. The van der Waals surface area contributed by atoms with E-state index in [-0.39, 0.29) is 13.2 Å². The molecule has 1 rings (SSSR count). The fourth-order valence-corrected chi connectivity index (χ4v) is 1.05. The van der Waals surface area contributed by atoms with Crippen molar-refractivity contribution in [3.8, 4) is 0 Å². The summed E-state index contributed by atoms with van der Waals surface area (Å²) in [4.78, 5) is 21.2. The summed E-state index contributed by atoms with van der Waals surface area (Å²) in [7, 11) is 0. The zero-order valence-corrected chi connectivity index (χ0v) is 8.40. The van der Waals surface area contributed by atoms with Crippen LogP contribution in [-0.2, 0) is 19.0 Å². The van der Waals surface area contributed by atoms with E-state index in [0.717, 1.165) is 0 Å². The molecule has 0 aromatic heterocycles. The van der Waals surface area contributed by atoms with Crippen molar-refractivity contribution in [2.45, 2.75) is 32.3 Å². The molecule has 1 aliphatic rings. The van der Waals surface area contributed by atoms with Gasteiger partial charge in [0.05, 0.1) is 0 Å². The van der Waals surface area contributed by atoms with Crippen molar-refractivity contribution in [3.63, 3.8) is 0 Å². The summed E-state index contributed by atoms with van der Waals surface area (Å²) in [6.07, 6.45) is 0. The van der Waals surface area contributed by atoms with Crippen molar-refractivity contribution < 1.29 is 19.0 Å². The second-order valence-electron chi connectivity index (χ2n) is 3.61. The largest absolute Gasteiger partial charge is 0.429 e. The molecule has 6 nitrogen and oxygen atoms in total. The van der Waals surface area contributed by atoms with Gasteiger partial charge in [-0.3, -0.25) is 4.79 Å². The smallest absolute Gasteiger partial charge is 0.305 e. The average molecular weight is 203 g/mol. The summed E-state index contributed by atoms with van der Waals surface area (Å²) >= 11 is 0. The van der Waals surface area contributed by atoms with E-state index in [9.17, 15) is 9.70 Å². The number of ether oxygens (including phenoxy) is 3. The van der Waals surface area contributed by atoms with E-state index in [1.165, 1.54) is 6.92 Å². The number of esters is 1. The summed E-state index contributed by atoms with van der Waals surface area (Å²) in [5.74, 6) is -1.36. The van der Waals surface area contributed by atoms with Gasteiger partial charge >= 0.3 is 5.97 Å². The Morgan fingerprint density at radius 2 is 1.86 bits per heavy atom. The zero-order valence-electron chi connectivity index (χ0n) is 8.40. The van der Waals surface area contributed by atoms with Crippen LogP contribution in [0.15, 0.2) is 5.18 Å². The molecule has 6 heteroatoms. The first-order chi connectivity index (χ1) is 6.39. The van der Waals surface area contributed by atoms with E-state index in [1.54, 1.807) is 13.8 Å². The maximum atomic E-state index is 10.7. The van der Waals surface area contributed by atoms with Crippen LogP contribution in [0.4, 0.5) is 0 Å². The molecule has 1 saturated heterocycles. The molecule has 0 aliphatic carbocycles. The highest BCUT2D eigenvalue weighted by atomic mass is 16.7. The van der Waals surface area contributed by atoms with Crippen molar-refractivity contribution in [3.05, 3.63) is 4.91 Å². The molecule has 0 radical (unpaired) electrons. The van der Waals surface area contributed by atoms with Crippen LogP contribution >= 0.6 is 0 Å². The van der Waals surface area contributed by atoms with Gasteiger partial charge in [0.25, 0.3) is 5.72 Å². The van der Waals surface area contributed by atoms with Crippen LogP contribution in [0.3, 0.4) is 0 Å². The van der Waals surface area contributed by atoms with Gasteiger partial charge in [-0.15, -0.1) is 4.91 Å². The second-order valence-corrected chi connectivity index (χ2v) is 3.61. The van der Waals surface area contributed by atoms with Crippen molar-refractivity contribution >= 4 is 5.97 Å². The maximum Gasteiger partial charge on any atom is 0.305 e. The molecule has 80 valence electrons. The van der Waals surface area contributed by atoms with Gasteiger partial charge in [-0.1, -0.05) is 0 Å². The first-order valence-electron chi connectivity index (χ1n) is 4.21. The van der Waals surface area contributed by atoms with E-state index in [4.69, 9.17) is 14.2 Å². The molecule has 14 heavy (non-hydrogen) atoms. The second kappa shape index (κ2) is 3.62. The van der Waals surface area contributed by atoms with Gasteiger partial charge in [0.2, 0.25) is 0 Å². The monoisotopic (exact) mass is 203 g/mol. The van der Waals surface area contributed by atoms with Crippen molar-refractivity contribution in [1.82, 2.24) is 0 Å². The Balaban J connectivity index is 2.66. The van der Waals surface area contributed by atoms with Crippen molar-refractivity contribution in [1.29, 1.82) is 0 Å². The molecule has 0 atom stereocenters. The van der Waals surface area contributed by atoms with E-state index in [0.29, 0.717) is 0 Å². The lowest BCUT2D eigenvalue weighted by Crippen LogP contribution is -2.52. The van der Waals surface area contributed by atoms with Crippen LogP contribution in [0.2, 0.25) is 0 Å². The third-order valence-electron chi connectivity index (χ3n) is 1.79. The average Bonchev–Trinajstić information content (AvgIpc) is 2.09. The van der Waals surface area contributed by atoms with Gasteiger partial charge in [0.15, 0.2) is 5.79 Å². The third kappa shape index (κ3) is 2.49.